The molecule has 0 saturated carbocycles. The van der Waals surface area contributed by atoms with Crippen LogP contribution in [0.2, 0.25) is 0 Å². The van der Waals surface area contributed by atoms with Gasteiger partial charge in [0.15, 0.2) is 0 Å². The van der Waals surface area contributed by atoms with Gasteiger partial charge in [-0.2, -0.15) is 0 Å². The van der Waals surface area contributed by atoms with Crippen molar-refractivity contribution in [2.45, 2.75) is 168 Å². The number of benzene rings is 2. The first-order valence-electron chi connectivity index (χ1n) is 18.8. The van der Waals surface area contributed by atoms with Gasteiger partial charge in [-0.3, -0.25) is 0 Å². The van der Waals surface area contributed by atoms with E-state index in [1.165, 1.54) is 147 Å². The maximum Gasteiger partial charge on any atom is 0.126 e. The molecule has 0 amide bonds. The summed E-state index contributed by atoms with van der Waals surface area (Å²) in [4.78, 5) is 0.859. The van der Waals surface area contributed by atoms with E-state index in [0.717, 1.165) is 41.2 Å². The minimum atomic E-state index is 0.784. The highest BCUT2D eigenvalue weighted by Crippen LogP contribution is 2.25. The zero-order valence-electron chi connectivity index (χ0n) is 28.8. The molecule has 0 aliphatic carbocycles. The van der Waals surface area contributed by atoms with Gasteiger partial charge < -0.3 is 4.74 Å². The Balaban J connectivity index is 1.58. The van der Waals surface area contributed by atoms with Crippen LogP contribution in [0.5, 0.6) is 5.75 Å². The molecule has 0 aromatic heterocycles. The third-order valence-corrected chi connectivity index (χ3v) is 9.25. The second-order valence-corrected chi connectivity index (χ2v) is 13.4. The highest BCUT2D eigenvalue weighted by atomic mass is 32.1. The maximum absolute atomic E-state index is 6.31. The Hall–Kier alpha value is -1.93. The average Bonchev–Trinajstić information content (AvgIpc) is 3.05. The molecule has 0 saturated heterocycles. The lowest BCUT2D eigenvalue weighted by Gasteiger charge is -2.12. The van der Waals surface area contributed by atoms with Crippen molar-refractivity contribution < 1.29 is 4.74 Å². The minimum absolute atomic E-state index is 0.784. The van der Waals surface area contributed by atoms with E-state index in [9.17, 15) is 0 Å². The molecular weight excluding hydrogens is 553 g/mol. The van der Waals surface area contributed by atoms with Crippen molar-refractivity contribution in [1.82, 2.24) is 0 Å². The van der Waals surface area contributed by atoms with E-state index in [4.69, 9.17) is 17.0 Å². The van der Waals surface area contributed by atoms with Gasteiger partial charge in [0.25, 0.3) is 0 Å². The van der Waals surface area contributed by atoms with Crippen LogP contribution in [0.3, 0.4) is 0 Å². The molecule has 2 heteroatoms. The van der Waals surface area contributed by atoms with Crippen LogP contribution < -0.4 is 4.74 Å². The van der Waals surface area contributed by atoms with Crippen molar-refractivity contribution in [3.63, 3.8) is 0 Å². The summed E-state index contributed by atoms with van der Waals surface area (Å²) < 4.78 is 6.31. The van der Waals surface area contributed by atoms with Gasteiger partial charge in [-0.1, -0.05) is 203 Å². The van der Waals surface area contributed by atoms with Gasteiger partial charge in [0.2, 0.25) is 0 Å². The quantitative estimate of drug-likeness (QED) is 0.0388. The fourth-order valence-corrected chi connectivity index (χ4v) is 6.18. The summed E-state index contributed by atoms with van der Waals surface area (Å²) in [5.74, 6) is 1.00. The third-order valence-electron chi connectivity index (χ3n) is 8.88. The van der Waals surface area contributed by atoms with Crippen LogP contribution in [-0.4, -0.2) is 11.5 Å². The molecule has 0 bridgehead atoms. The second kappa shape index (κ2) is 27.4. The molecular formula is C42H66OS. The normalized spacial score (nSPS) is 11.4. The number of aryl methyl sites for hydroxylation is 1. The van der Waals surface area contributed by atoms with Gasteiger partial charge in [0.1, 0.15) is 5.75 Å². The van der Waals surface area contributed by atoms with E-state index in [0.29, 0.717) is 0 Å². The smallest absolute Gasteiger partial charge is 0.126 e. The van der Waals surface area contributed by atoms with Crippen LogP contribution >= 0.6 is 12.2 Å². The van der Waals surface area contributed by atoms with Gasteiger partial charge in [-0.15, -0.1) is 0 Å². The SMILES string of the molecule is CCCCCCCCCCCCCCCCCCCCCc1ccc(C=CC(=S)c2ccccc2)c(OCCCCCC)c1. The second-order valence-electron chi connectivity index (χ2n) is 13.0. The largest absolute Gasteiger partial charge is 0.493 e. The first kappa shape index (κ1) is 38.3. The van der Waals surface area contributed by atoms with E-state index in [2.05, 4.69) is 50.3 Å². The zero-order chi connectivity index (χ0) is 31.3. The van der Waals surface area contributed by atoms with Crippen molar-refractivity contribution >= 4 is 23.2 Å². The molecule has 2 rings (SSSR count). The van der Waals surface area contributed by atoms with Crippen LogP contribution in [0, 0.1) is 0 Å². The fraction of sp³-hybridized carbons (Fsp3) is 0.643. The van der Waals surface area contributed by atoms with Gasteiger partial charge >= 0.3 is 0 Å². The predicted molar refractivity (Wildman–Crippen MR) is 200 cm³/mol. The van der Waals surface area contributed by atoms with Gasteiger partial charge in [-0.05, 0) is 48.6 Å². The molecule has 0 fully saturated rings. The molecule has 0 aliphatic heterocycles. The Labute approximate surface area is 278 Å². The highest BCUT2D eigenvalue weighted by molar-refractivity contribution is 7.81. The standard InChI is InChI=1S/C42H66OS/c1-3-5-7-9-10-11-12-13-14-15-16-17-18-19-20-21-22-23-25-29-38-32-33-39(41(37-38)43-36-28-8-6-4-2)34-35-42(44)40-30-26-24-27-31-40/h24,26-27,30-35,37H,3-23,25,28-29,36H2,1-2H3. The molecule has 0 spiro atoms. The minimum Gasteiger partial charge on any atom is -0.493 e. The van der Waals surface area contributed by atoms with E-state index in [1.54, 1.807) is 0 Å². The van der Waals surface area contributed by atoms with E-state index < -0.39 is 0 Å². The van der Waals surface area contributed by atoms with Crippen molar-refractivity contribution in [1.29, 1.82) is 0 Å². The van der Waals surface area contributed by atoms with E-state index in [1.807, 2.05) is 24.3 Å². The lowest BCUT2D eigenvalue weighted by Crippen LogP contribution is -2.00. The molecule has 246 valence electrons. The summed E-state index contributed by atoms with van der Waals surface area (Å²) >= 11 is 5.66. The number of unbranched alkanes of at least 4 members (excludes halogenated alkanes) is 21. The molecule has 0 aliphatic rings. The van der Waals surface area contributed by atoms with E-state index >= 15 is 0 Å². The van der Waals surface area contributed by atoms with Crippen LogP contribution in [0.4, 0.5) is 0 Å². The van der Waals surface area contributed by atoms with Gasteiger partial charge in [-0.25, -0.2) is 0 Å². The number of ether oxygens (including phenoxy) is 1. The molecule has 0 radical (unpaired) electrons. The molecule has 0 unspecified atom stereocenters. The van der Waals surface area contributed by atoms with Crippen LogP contribution in [0.1, 0.15) is 178 Å². The Bertz CT molecular complexity index is 979. The molecule has 2 aromatic rings. The summed E-state index contributed by atoms with van der Waals surface area (Å²) in [6, 6.07) is 17.0. The van der Waals surface area contributed by atoms with Crippen molar-refractivity contribution in [2.24, 2.45) is 0 Å². The number of thiocarbonyl (C=S) groups is 1. The van der Waals surface area contributed by atoms with E-state index in [-0.39, 0.29) is 0 Å². The number of hydrogen-bond acceptors (Lipinski definition) is 2. The molecule has 0 N–H and O–H groups in total. The van der Waals surface area contributed by atoms with Crippen molar-refractivity contribution in [2.75, 3.05) is 6.61 Å². The van der Waals surface area contributed by atoms with Gasteiger partial charge in [0.05, 0.1) is 6.61 Å². The Kier molecular flexibility index (Phi) is 23.8. The Morgan fingerprint density at radius 3 is 1.57 bits per heavy atom. The van der Waals surface area contributed by atoms with Crippen LogP contribution in [0.15, 0.2) is 54.6 Å². The zero-order valence-corrected chi connectivity index (χ0v) is 29.6. The molecule has 0 heterocycles. The predicted octanol–water partition coefficient (Wildman–Crippen LogP) is 14.1. The summed E-state index contributed by atoms with van der Waals surface area (Å²) in [5, 5.41) is 0. The Morgan fingerprint density at radius 1 is 0.568 bits per heavy atom. The number of allylic oxidation sites excluding steroid dienone is 1. The van der Waals surface area contributed by atoms with Crippen molar-refractivity contribution in [3.05, 3.63) is 71.3 Å². The molecule has 0 atom stereocenters. The lowest BCUT2D eigenvalue weighted by atomic mass is 10.0. The summed E-state index contributed by atoms with van der Waals surface area (Å²) in [7, 11) is 0. The average molecular weight is 619 g/mol. The molecule has 44 heavy (non-hydrogen) atoms. The Morgan fingerprint density at radius 2 is 1.05 bits per heavy atom. The first-order chi connectivity index (χ1) is 21.7. The molecule has 1 nitrogen and oxygen atoms in total. The molecule has 2 aromatic carbocycles. The number of rotatable bonds is 29. The van der Waals surface area contributed by atoms with Gasteiger partial charge in [0, 0.05) is 10.4 Å². The first-order valence-corrected chi connectivity index (χ1v) is 19.2. The highest BCUT2D eigenvalue weighted by Gasteiger charge is 2.06. The van der Waals surface area contributed by atoms with Crippen LogP contribution in [-0.2, 0) is 6.42 Å². The lowest BCUT2D eigenvalue weighted by molar-refractivity contribution is 0.304. The number of hydrogen-bond donors (Lipinski definition) is 0. The van der Waals surface area contributed by atoms with Crippen molar-refractivity contribution in [3.8, 4) is 5.75 Å². The summed E-state index contributed by atoms with van der Waals surface area (Å²) in [6.07, 6.45) is 37.2. The summed E-state index contributed by atoms with van der Waals surface area (Å²) in [6.45, 7) is 5.34. The fourth-order valence-electron chi connectivity index (χ4n) is 5.98. The monoisotopic (exact) mass is 618 g/mol. The summed E-state index contributed by atoms with van der Waals surface area (Å²) in [5.41, 5.74) is 3.60. The van der Waals surface area contributed by atoms with Crippen LogP contribution in [0.25, 0.3) is 6.08 Å². The topological polar surface area (TPSA) is 9.23 Å². The third kappa shape index (κ3) is 19.5. The maximum atomic E-state index is 6.31.